The minimum absolute atomic E-state index is 0.0215. The average Bonchev–Trinajstić information content (AvgIpc) is 3.31. The van der Waals surface area contributed by atoms with Crippen molar-refractivity contribution in [2.24, 2.45) is 18.9 Å². The van der Waals surface area contributed by atoms with Crippen molar-refractivity contribution >= 4 is 34.7 Å². The molecule has 0 aliphatic heterocycles. The van der Waals surface area contributed by atoms with Gasteiger partial charge in [0.05, 0.1) is 24.4 Å². The van der Waals surface area contributed by atoms with Gasteiger partial charge in [0.1, 0.15) is 5.65 Å². The molecule has 6 nitrogen and oxygen atoms in total. The fourth-order valence-electron chi connectivity index (χ4n) is 2.86. The molecule has 2 aromatic heterocycles. The van der Waals surface area contributed by atoms with E-state index < -0.39 is 0 Å². The summed E-state index contributed by atoms with van der Waals surface area (Å²) in [5.74, 6) is -0.187. The topological polar surface area (TPSA) is 73.2 Å². The van der Waals surface area contributed by atoms with Crippen molar-refractivity contribution in [1.82, 2.24) is 9.55 Å². The molecule has 2 aromatic rings. The Morgan fingerprint density at radius 2 is 2.32 bits per heavy atom. The fourth-order valence-corrected chi connectivity index (χ4v) is 2.86. The molecule has 2 heterocycles. The zero-order chi connectivity index (χ0) is 18.0. The van der Waals surface area contributed by atoms with Gasteiger partial charge in [-0.1, -0.05) is 18.7 Å². The third-order valence-electron chi connectivity index (χ3n) is 4.25. The Kier molecular flexibility index (Phi) is 4.70. The van der Waals surface area contributed by atoms with Crippen LogP contribution in [0.3, 0.4) is 0 Å². The lowest BCUT2D eigenvalue weighted by Gasteiger charge is -2.02. The highest BCUT2D eigenvalue weighted by molar-refractivity contribution is 6.00. The largest absolute Gasteiger partial charge is 0.466 e. The number of amides is 1. The minimum Gasteiger partial charge on any atom is -0.466 e. The summed E-state index contributed by atoms with van der Waals surface area (Å²) in [6.07, 6.45) is 9.71. The normalized spacial score (nSPS) is 19.1. The maximum absolute atomic E-state index is 11.7. The number of anilines is 1. The second kappa shape index (κ2) is 6.93. The predicted octanol–water partition coefficient (Wildman–Crippen LogP) is 2.91. The lowest BCUT2D eigenvalue weighted by molar-refractivity contribution is -0.144. The van der Waals surface area contributed by atoms with Crippen LogP contribution in [0.2, 0.25) is 0 Å². The van der Waals surface area contributed by atoms with Crippen molar-refractivity contribution in [3.8, 4) is 0 Å². The van der Waals surface area contributed by atoms with E-state index in [0.29, 0.717) is 12.3 Å². The van der Waals surface area contributed by atoms with Gasteiger partial charge in [-0.3, -0.25) is 9.59 Å². The number of nitrogens with one attached hydrogen (secondary N) is 1. The molecule has 3 rings (SSSR count). The number of rotatable bonds is 6. The Morgan fingerprint density at radius 3 is 3.04 bits per heavy atom. The van der Waals surface area contributed by atoms with Crippen LogP contribution in [0, 0.1) is 11.8 Å². The first-order chi connectivity index (χ1) is 12.0. The van der Waals surface area contributed by atoms with Gasteiger partial charge in [0.2, 0.25) is 5.91 Å². The number of esters is 1. The molecule has 0 radical (unpaired) electrons. The van der Waals surface area contributed by atoms with E-state index in [1.54, 1.807) is 6.20 Å². The van der Waals surface area contributed by atoms with Crippen LogP contribution in [0.5, 0.6) is 0 Å². The third-order valence-corrected chi connectivity index (χ3v) is 4.25. The Morgan fingerprint density at radius 1 is 1.52 bits per heavy atom. The Balaban J connectivity index is 1.80. The molecule has 0 saturated heterocycles. The quantitative estimate of drug-likeness (QED) is 0.649. The second-order valence-electron chi connectivity index (χ2n) is 6.10. The lowest BCUT2D eigenvalue weighted by Crippen LogP contribution is -2.07. The Bertz CT molecular complexity index is 866. The molecule has 2 unspecified atom stereocenters. The van der Waals surface area contributed by atoms with Crippen LogP contribution in [-0.4, -0.2) is 28.0 Å². The van der Waals surface area contributed by atoms with Crippen molar-refractivity contribution in [3.63, 3.8) is 0 Å². The summed E-state index contributed by atoms with van der Waals surface area (Å²) >= 11 is 0. The van der Waals surface area contributed by atoms with Crippen LogP contribution in [-0.2, 0) is 21.4 Å². The fraction of sp³-hybridized carbons (Fsp3) is 0.316. The summed E-state index contributed by atoms with van der Waals surface area (Å²) in [6.45, 7) is 5.68. The number of carbonyl (C=O) groups excluding carboxylic acids is 2. The molecule has 1 fully saturated rings. The maximum Gasteiger partial charge on any atom is 0.309 e. The summed E-state index contributed by atoms with van der Waals surface area (Å²) in [5, 5.41) is 3.66. The highest BCUT2D eigenvalue weighted by Crippen LogP contribution is 2.41. The molecule has 6 heteroatoms. The van der Waals surface area contributed by atoms with Crippen LogP contribution in [0.1, 0.15) is 18.9 Å². The van der Waals surface area contributed by atoms with Gasteiger partial charge in [-0.2, -0.15) is 0 Å². The maximum atomic E-state index is 11.7. The van der Waals surface area contributed by atoms with E-state index >= 15 is 0 Å². The molecule has 1 saturated carbocycles. The molecule has 130 valence electrons. The number of aromatic nitrogens is 2. The van der Waals surface area contributed by atoms with E-state index in [1.807, 2.05) is 43.0 Å². The molecule has 0 bridgehead atoms. The van der Waals surface area contributed by atoms with Crippen molar-refractivity contribution in [2.45, 2.75) is 13.3 Å². The van der Waals surface area contributed by atoms with Gasteiger partial charge >= 0.3 is 5.97 Å². The number of hydrogen-bond donors (Lipinski definition) is 1. The van der Waals surface area contributed by atoms with Gasteiger partial charge in [-0.05, 0) is 31.4 Å². The first kappa shape index (κ1) is 17.0. The number of hydrogen-bond acceptors (Lipinski definition) is 4. The SMILES string of the molecule is C=CC(=O)Nc1cnc2c(c1)c(/C=C/C1CC1C(=O)OCC)cn2C. The van der Waals surface area contributed by atoms with Gasteiger partial charge < -0.3 is 14.6 Å². The van der Waals surface area contributed by atoms with Crippen molar-refractivity contribution in [3.05, 3.63) is 42.8 Å². The minimum atomic E-state index is -0.274. The summed E-state index contributed by atoms with van der Waals surface area (Å²) in [4.78, 5) is 27.6. The van der Waals surface area contributed by atoms with Crippen molar-refractivity contribution < 1.29 is 14.3 Å². The van der Waals surface area contributed by atoms with E-state index in [2.05, 4.69) is 16.9 Å². The standard InChI is InChI=1S/C19H21N3O3/c1-4-17(23)21-14-9-15-13(11-22(3)18(15)20-10-14)7-6-12-8-16(12)19(24)25-5-2/h4,6-7,9-12,16H,1,5,8H2,2-3H3,(H,21,23)/b7-6+. The van der Waals surface area contributed by atoms with E-state index in [1.165, 1.54) is 6.08 Å². The van der Waals surface area contributed by atoms with Crippen LogP contribution < -0.4 is 5.32 Å². The van der Waals surface area contributed by atoms with Crippen molar-refractivity contribution in [1.29, 1.82) is 0 Å². The number of allylic oxidation sites excluding steroid dienone is 1. The van der Waals surface area contributed by atoms with Gasteiger partial charge in [-0.25, -0.2) is 4.98 Å². The number of pyridine rings is 1. The van der Waals surface area contributed by atoms with Crippen LogP contribution in [0.25, 0.3) is 17.1 Å². The van der Waals surface area contributed by atoms with E-state index in [9.17, 15) is 9.59 Å². The van der Waals surface area contributed by atoms with E-state index in [-0.39, 0.29) is 23.7 Å². The number of fused-ring (bicyclic) bond motifs is 1. The first-order valence-electron chi connectivity index (χ1n) is 8.26. The van der Waals surface area contributed by atoms with Crippen LogP contribution >= 0.6 is 0 Å². The van der Waals surface area contributed by atoms with Crippen LogP contribution in [0.4, 0.5) is 5.69 Å². The zero-order valence-corrected chi connectivity index (χ0v) is 14.4. The van der Waals surface area contributed by atoms with E-state index in [0.717, 1.165) is 23.0 Å². The Labute approximate surface area is 146 Å². The summed E-state index contributed by atoms with van der Waals surface area (Å²) < 4.78 is 6.98. The summed E-state index contributed by atoms with van der Waals surface area (Å²) in [5.41, 5.74) is 2.44. The number of aryl methyl sites for hydroxylation is 1. The molecule has 1 aliphatic carbocycles. The highest BCUT2D eigenvalue weighted by atomic mass is 16.5. The molecule has 0 aromatic carbocycles. The smallest absolute Gasteiger partial charge is 0.309 e. The summed E-state index contributed by atoms with van der Waals surface area (Å²) in [6, 6.07) is 1.89. The molecule has 0 spiro atoms. The first-order valence-corrected chi connectivity index (χ1v) is 8.26. The van der Waals surface area contributed by atoms with Crippen molar-refractivity contribution in [2.75, 3.05) is 11.9 Å². The Hall–Kier alpha value is -2.89. The molecule has 1 N–H and O–H groups in total. The number of carbonyl (C=O) groups is 2. The van der Waals surface area contributed by atoms with Gasteiger partial charge in [0.15, 0.2) is 0 Å². The molecule has 1 amide bonds. The lowest BCUT2D eigenvalue weighted by atomic mass is 10.1. The third kappa shape index (κ3) is 3.63. The second-order valence-corrected chi connectivity index (χ2v) is 6.10. The number of nitrogens with zero attached hydrogens (tertiary/aromatic N) is 2. The average molecular weight is 339 g/mol. The van der Waals surface area contributed by atoms with Gasteiger partial charge in [0.25, 0.3) is 0 Å². The molecule has 2 atom stereocenters. The van der Waals surface area contributed by atoms with Crippen LogP contribution in [0.15, 0.2) is 37.2 Å². The zero-order valence-electron chi connectivity index (χ0n) is 14.4. The highest BCUT2D eigenvalue weighted by Gasteiger charge is 2.42. The monoisotopic (exact) mass is 339 g/mol. The van der Waals surface area contributed by atoms with E-state index in [4.69, 9.17) is 4.74 Å². The molecular weight excluding hydrogens is 318 g/mol. The summed E-state index contributed by atoms with van der Waals surface area (Å²) in [7, 11) is 1.92. The van der Waals surface area contributed by atoms with Gasteiger partial charge in [0, 0.05) is 24.2 Å². The molecule has 25 heavy (non-hydrogen) atoms. The predicted molar refractivity (Wildman–Crippen MR) is 96.8 cm³/mol. The van der Waals surface area contributed by atoms with Gasteiger partial charge in [-0.15, -0.1) is 0 Å². The molecule has 1 aliphatic rings. The number of ether oxygens (including phenoxy) is 1. The molecular formula is C19H21N3O3.